The Morgan fingerprint density at radius 3 is 1.70 bits per heavy atom. The molecule has 0 radical (unpaired) electrons. The smallest absolute Gasteiger partial charge is 0.153 e. The number of nitrogens with zero attached hydrogens (tertiary/aromatic N) is 10. The van der Waals surface area contributed by atoms with Crippen molar-refractivity contribution in [2.75, 3.05) is 85.1 Å². The molecule has 4 N–H and O–H groups in total. The Morgan fingerprint density at radius 2 is 1.20 bits per heavy atom. The number of benzene rings is 2. The summed E-state index contributed by atoms with van der Waals surface area (Å²) >= 11 is 0. The van der Waals surface area contributed by atoms with Gasteiger partial charge in [-0.1, -0.05) is 0 Å². The maximum Gasteiger partial charge on any atom is 0.153 e. The minimum absolute atomic E-state index is 0.259. The molecular formula is C41H48F2N12O. The molecule has 0 spiro atoms. The van der Waals surface area contributed by atoms with E-state index in [0.717, 1.165) is 87.6 Å². The standard InChI is InChI=1S/C21H25FN6O.C20H23FN6/c1-29-9-8-27-4-6-28(7-5-27)13-15-10-16(12-17(22)11-15)18-2-3-19-20(26-18)21(23)25-14-24-19;1-26(2)16-5-6-27(11-16)10-13-7-14(9-15(21)8-13)17-3-4-18-19(25-17)20(22)24-12-23-18/h2-3,10-12,14H,4-9,13H2,1H3,(H2,23,24,25);3-4,7-9,12,16H,5-6,10-11H2,1-2H3,(H2,22,23,24)/t;16-/m.0/s1. The number of hydrogen-bond acceptors (Lipinski definition) is 13. The van der Waals surface area contributed by atoms with Crippen LogP contribution in [0.4, 0.5) is 20.4 Å². The fourth-order valence-corrected chi connectivity index (χ4v) is 7.30. The molecule has 0 saturated carbocycles. The second-order valence-electron chi connectivity index (χ2n) is 14.6. The lowest BCUT2D eigenvalue weighted by atomic mass is 10.1. The third kappa shape index (κ3) is 9.54. The van der Waals surface area contributed by atoms with E-state index in [4.69, 9.17) is 16.2 Å². The van der Waals surface area contributed by atoms with Crippen LogP contribution in [-0.4, -0.2) is 129 Å². The average molecular weight is 763 g/mol. The van der Waals surface area contributed by atoms with Gasteiger partial charge in [0.05, 0.1) is 29.0 Å². The van der Waals surface area contributed by atoms with Crippen molar-refractivity contribution >= 4 is 33.7 Å². The first-order chi connectivity index (χ1) is 27.1. The predicted molar refractivity (Wildman–Crippen MR) is 215 cm³/mol. The van der Waals surface area contributed by atoms with Gasteiger partial charge in [0, 0.05) is 83.2 Å². The molecule has 56 heavy (non-hydrogen) atoms. The van der Waals surface area contributed by atoms with Crippen LogP contribution in [-0.2, 0) is 17.8 Å². The average Bonchev–Trinajstić information content (AvgIpc) is 3.66. The molecule has 2 aliphatic rings. The Kier molecular flexibility index (Phi) is 12.3. The van der Waals surface area contributed by atoms with Gasteiger partial charge >= 0.3 is 0 Å². The number of hydrogen-bond donors (Lipinski definition) is 2. The van der Waals surface area contributed by atoms with Gasteiger partial charge in [-0.15, -0.1) is 0 Å². The Bertz CT molecular complexity index is 2280. The zero-order valence-corrected chi connectivity index (χ0v) is 32.1. The van der Waals surface area contributed by atoms with Crippen LogP contribution in [0, 0.1) is 11.6 Å². The SMILES string of the molecule is CN(C)[C@H]1CCN(Cc2cc(F)cc(-c3ccc4ncnc(N)c4n3)c2)C1.COCCN1CCN(Cc2cc(F)cc(-c3ccc4ncnc(N)c4n3)c2)CC1. The van der Waals surface area contributed by atoms with Crippen molar-refractivity contribution in [1.82, 2.24) is 49.5 Å². The molecule has 0 amide bonds. The number of aromatic nitrogens is 6. The maximum absolute atomic E-state index is 14.3. The van der Waals surface area contributed by atoms with Crippen LogP contribution in [0.15, 0.2) is 73.3 Å². The van der Waals surface area contributed by atoms with E-state index >= 15 is 0 Å². The van der Waals surface area contributed by atoms with Crippen molar-refractivity contribution < 1.29 is 13.5 Å². The minimum Gasteiger partial charge on any atom is -0.383 e. The van der Waals surface area contributed by atoms with Crippen molar-refractivity contribution in [1.29, 1.82) is 0 Å². The number of likely N-dealkylation sites (tertiary alicyclic amines) is 1. The van der Waals surface area contributed by atoms with Crippen LogP contribution in [0.3, 0.4) is 0 Å². The van der Waals surface area contributed by atoms with E-state index < -0.39 is 0 Å². The lowest BCUT2D eigenvalue weighted by Crippen LogP contribution is -2.46. The number of nitrogen functional groups attached to an aromatic ring is 2. The first kappa shape index (κ1) is 38.9. The molecular weight excluding hydrogens is 715 g/mol. The van der Waals surface area contributed by atoms with Crippen LogP contribution in [0.25, 0.3) is 44.6 Å². The molecule has 15 heteroatoms. The molecule has 13 nitrogen and oxygen atoms in total. The van der Waals surface area contributed by atoms with Gasteiger partial charge in [0.25, 0.3) is 0 Å². The fourth-order valence-electron chi connectivity index (χ4n) is 7.30. The van der Waals surface area contributed by atoms with Crippen molar-refractivity contribution in [3.05, 3.63) is 96.1 Å². The number of methoxy groups -OCH3 is 1. The van der Waals surface area contributed by atoms with Gasteiger partial charge in [-0.25, -0.2) is 38.7 Å². The molecule has 0 bridgehead atoms. The summed E-state index contributed by atoms with van der Waals surface area (Å²) in [6.45, 7) is 9.08. The van der Waals surface area contributed by atoms with Crippen LogP contribution in [0.1, 0.15) is 17.5 Å². The summed E-state index contributed by atoms with van der Waals surface area (Å²) in [4.78, 5) is 34.8. The molecule has 1 atom stereocenters. The first-order valence-electron chi connectivity index (χ1n) is 18.8. The van der Waals surface area contributed by atoms with Gasteiger partial charge in [-0.2, -0.15) is 0 Å². The predicted octanol–water partition coefficient (Wildman–Crippen LogP) is 4.73. The highest BCUT2D eigenvalue weighted by Crippen LogP contribution is 2.27. The summed E-state index contributed by atoms with van der Waals surface area (Å²) in [5.74, 6) is 0.116. The molecule has 0 unspecified atom stereocenters. The van der Waals surface area contributed by atoms with Gasteiger partial charge in [0.1, 0.15) is 35.3 Å². The van der Waals surface area contributed by atoms with Gasteiger partial charge in [0.2, 0.25) is 0 Å². The monoisotopic (exact) mass is 762 g/mol. The second kappa shape index (κ2) is 17.6. The Labute approximate surface area is 325 Å². The van der Waals surface area contributed by atoms with E-state index in [0.29, 0.717) is 57.7 Å². The second-order valence-corrected chi connectivity index (χ2v) is 14.6. The molecule has 6 aromatic rings. The molecule has 292 valence electrons. The van der Waals surface area contributed by atoms with E-state index in [-0.39, 0.29) is 11.6 Å². The Hall–Kier alpha value is -5.32. The molecule has 4 aromatic heterocycles. The topological polar surface area (TPSA) is 152 Å². The zero-order chi connectivity index (χ0) is 39.2. The lowest BCUT2D eigenvalue weighted by molar-refractivity contribution is 0.0938. The van der Waals surface area contributed by atoms with E-state index in [1.165, 1.54) is 24.8 Å². The summed E-state index contributed by atoms with van der Waals surface area (Å²) in [5.41, 5.74) is 18.9. The summed E-state index contributed by atoms with van der Waals surface area (Å²) in [7, 11) is 5.94. The normalized spacial score (nSPS) is 16.8. The number of piperazine rings is 1. The molecule has 2 fully saturated rings. The highest BCUT2D eigenvalue weighted by Gasteiger charge is 2.24. The largest absolute Gasteiger partial charge is 0.383 e. The zero-order valence-electron chi connectivity index (χ0n) is 32.1. The number of rotatable bonds is 10. The quantitative estimate of drug-likeness (QED) is 0.198. The van der Waals surface area contributed by atoms with E-state index in [1.807, 2.05) is 36.4 Å². The molecule has 2 aliphatic heterocycles. The van der Waals surface area contributed by atoms with Gasteiger partial charge in [0.15, 0.2) is 11.6 Å². The van der Waals surface area contributed by atoms with Gasteiger partial charge in [-0.3, -0.25) is 14.7 Å². The lowest BCUT2D eigenvalue weighted by Gasteiger charge is -2.34. The molecule has 8 rings (SSSR count). The Balaban J connectivity index is 0.000000172. The summed E-state index contributed by atoms with van der Waals surface area (Å²) < 4.78 is 33.8. The highest BCUT2D eigenvalue weighted by molar-refractivity contribution is 5.86. The number of anilines is 2. The highest BCUT2D eigenvalue weighted by atomic mass is 19.1. The van der Waals surface area contributed by atoms with E-state index in [1.54, 1.807) is 19.2 Å². The minimum atomic E-state index is -0.268. The number of nitrogens with two attached hydrogens (primary N) is 2. The van der Waals surface area contributed by atoms with Gasteiger partial charge < -0.3 is 21.1 Å². The number of fused-ring (bicyclic) bond motifs is 2. The number of halogens is 2. The first-order valence-corrected chi connectivity index (χ1v) is 18.8. The summed E-state index contributed by atoms with van der Waals surface area (Å²) in [6.07, 6.45) is 3.96. The number of likely N-dealkylation sites (N-methyl/N-ethyl adjacent to an activating group) is 1. The van der Waals surface area contributed by atoms with Crippen LogP contribution < -0.4 is 11.5 Å². The molecule has 6 heterocycles. The van der Waals surface area contributed by atoms with Gasteiger partial charge in [-0.05, 0) is 92.3 Å². The molecule has 2 saturated heterocycles. The van der Waals surface area contributed by atoms with E-state index in [2.05, 4.69) is 63.6 Å². The Morgan fingerprint density at radius 1 is 0.679 bits per heavy atom. The summed E-state index contributed by atoms with van der Waals surface area (Å²) in [6, 6.07) is 18.1. The van der Waals surface area contributed by atoms with Crippen molar-refractivity contribution in [3.8, 4) is 22.5 Å². The molecule has 2 aromatic carbocycles. The third-order valence-electron chi connectivity index (χ3n) is 10.4. The van der Waals surface area contributed by atoms with Crippen LogP contribution >= 0.6 is 0 Å². The fraction of sp³-hybridized carbons (Fsp3) is 0.366. The van der Waals surface area contributed by atoms with E-state index in [9.17, 15) is 8.78 Å². The number of ether oxygens (including phenoxy) is 1. The number of pyridine rings is 2. The van der Waals surface area contributed by atoms with Crippen LogP contribution in [0.2, 0.25) is 0 Å². The van der Waals surface area contributed by atoms with Crippen molar-refractivity contribution in [3.63, 3.8) is 0 Å². The summed E-state index contributed by atoms with van der Waals surface area (Å²) in [5, 5.41) is 0. The van der Waals surface area contributed by atoms with Crippen molar-refractivity contribution in [2.45, 2.75) is 25.6 Å². The maximum atomic E-state index is 14.3. The van der Waals surface area contributed by atoms with Crippen LogP contribution in [0.5, 0.6) is 0 Å². The third-order valence-corrected chi connectivity index (χ3v) is 10.4. The molecule has 0 aliphatic carbocycles. The van der Waals surface area contributed by atoms with Crippen molar-refractivity contribution in [2.24, 2.45) is 0 Å².